The number of fused-ring (bicyclic) bond motifs is 1. The molecule has 3 heterocycles. The zero-order valence-electron chi connectivity index (χ0n) is 13.0. The zero-order chi connectivity index (χ0) is 18.8. The smallest absolute Gasteiger partial charge is 0.290 e. The first-order valence-corrected chi connectivity index (χ1v) is 6.53. The van der Waals surface area contributed by atoms with Crippen LogP contribution in [0, 0.1) is 0 Å². The summed E-state index contributed by atoms with van der Waals surface area (Å²) in [5, 5.41) is 13.8. The lowest BCUT2D eigenvalue weighted by Gasteiger charge is -2.02. The minimum atomic E-state index is -0.615. The van der Waals surface area contributed by atoms with Gasteiger partial charge in [-0.3, -0.25) is 24.4 Å². The van der Waals surface area contributed by atoms with Gasteiger partial charge in [-0.05, 0) is 0 Å². The molecule has 0 fully saturated rings. The standard InChI is InChI=1S/C12H10N6O.2CH2O2/c1-18-6-16-11-7(2-14-5-10(11)18)8-3-15-4-9(17-8)12(13)19;2*2-1-3/h2-6H,1H3,(H2,13,19);2*1H,(H,2,3). The fourth-order valence-electron chi connectivity index (χ4n) is 1.84. The fourth-order valence-corrected chi connectivity index (χ4v) is 1.84. The highest BCUT2D eigenvalue weighted by molar-refractivity contribution is 5.93. The van der Waals surface area contributed by atoms with E-state index in [1.54, 1.807) is 24.9 Å². The second-order valence-electron chi connectivity index (χ2n) is 4.27. The summed E-state index contributed by atoms with van der Waals surface area (Å²) in [7, 11) is 1.88. The molecule has 11 heteroatoms. The van der Waals surface area contributed by atoms with Crippen LogP contribution in [0.15, 0.2) is 31.1 Å². The molecule has 130 valence electrons. The Kier molecular flexibility index (Phi) is 7.12. The number of nitrogens with zero attached hydrogens (tertiary/aromatic N) is 5. The Balaban J connectivity index is 0.000000460. The molecule has 0 spiro atoms. The van der Waals surface area contributed by atoms with E-state index in [1.165, 1.54) is 6.20 Å². The van der Waals surface area contributed by atoms with Gasteiger partial charge in [-0.25, -0.2) is 9.97 Å². The van der Waals surface area contributed by atoms with E-state index in [1.807, 2.05) is 11.6 Å². The highest BCUT2D eigenvalue weighted by atomic mass is 16.3. The number of amides is 1. The maximum Gasteiger partial charge on any atom is 0.290 e. The molecular weight excluding hydrogens is 332 g/mol. The van der Waals surface area contributed by atoms with Gasteiger partial charge in [0.25, 0.3) is 18.9 Å². The average Bonchev–Trinajstić information content (AvgIpc) is 2.98. The number of carboxylic acid groups (broad SMARTS) is 2. The third kappa shape index (κ3) is 4.79. The first kappa shape index (κ1) is 19.2. The second kappa shape index (κ2) is 9.29. The van der Waals surface area contributed by atoms with Crippen molar-refractivity contribution in [3.63, 3.8) is 0 Å². The number of nitrogens with two attached hydrogens (primary N) is 1. The van der Waals surface area contributed by atoms with E-state index in [0.29, 0.717) is 11.3 Å². The number of carbonyl (C=O) groups excluding carboxylic acids is 1. The van der Waals surface area contributed by atoms with Crippen LogP contribution in [0.4, 0.5) is 0 Å². The van der Waals surface area contributed by atoms with Gasteiger partial charge < -0.3 is 20.5 Å². The molecule has 4 N–H and O–H groups in total. The molecule has 0 unspecified atom stereocenters. The van der Waals surface area contributed by atoms with Gasteiger partial charge in [-0.15, -0.1) is 0 Å². The predicted molar refractivity (Wildman–Crippen MR) is 85.4 cm³/mol. The van der Waals surface area contributed by atoms with Gasteiger partial charge in [-0.1, -0.05) is 0 Å². The number of carbonyl (C=O) groups is 3. The van der Waals surface area contributed by atoms with Crippen molar-refractivity contribution < 1.29 is 24.6 Å². The van der Waals surface area contributed by atoms with Gasteiger partial charge in [0.15, 0.2) is 0 Å². The summed E-state index contributed by atoms with van der Waals surface area (Å²) in [5.74, 6) is -0.615. The lowest BCUT2D eigenvalue weighted by molar-refractivity contribution is -0.123. The Morgan fingerprint density at radius 2 is 1.72 bits per heavy atom. The summed E-state index contributed by atoms with van der Waals surface area (Å²) in [6.45, 7) is -0.500. The molecule has 0 saturated heterocycles. The maximum atomic E-state index is 11.1. The number of hydrogen-bond acceptors (Lipinski definition) is 7. The monoisotopic (exact) mass is 346 g/mol. The summed E-state index contributed by atoms with van der Waals surface area (Å²) in [4.78, 5) is 44.5. The minimum Gasteiger partial charge on any atom is -0.483 e. The van der Waals surface area contributed by atoms with Crippen LogP contribution in [-0.4, -0.2) is 53.6 Å². The summed E-state index contributed by atoms with van der Waals surface area (Å²) < 4.78 is 1.86. The molecule has 25 heavy (non-hydrogen) atoms. The van der Waals surface area contributed by atoms with E-state index in [4.69, 9.17) is 25.5 Å². The van der Waals surface area contributed by atoms with E-state index in [0.717, 1.165) is 11.0 Å². The van der Waals surface area contributed by atoms with Crippen molar-refractivity contribution in [2.75, 3.05) is 0 Å². The third-order valence-electron chi connectivity index (χ3n) is 2.80. The molecule has 0 bridgehead atoms. The van der Waals surface area contributed by atoms with E-state index >= 15 is 0 Å². The minimum absolute atomic E-state index is 0.116. The average molecular weight is 346 g/mol. The maximum absolute atomic E-state index is 11.1. The first-order chi connectivity index (χ1) is 12.0. The van der Waals surface area contributed by atoms with Gasteiger partial charge in [0.05, 0.1) is 36.1 Å². The Labute approximate surface area is 140 Å². The van der Waals surface area contributed by atoms with E-state index in [9.17, 15) is 4.79 Å². The number of imidazole rings is 1. The molecule has 0 aliphatic heterocycles. The lowest BCUT2D eigenvalue weighted by Crippen LogP contribution is -2.13. The summed E-state index contributed by atoms with van der Waals surface area (Å²) in [6.07, 6.45) is 7.94. The number of pyridine rings is 1. The summed E-state index contributed by atoms with van der Waals surface area (Å²) >= 11 is 0. The van der Waals surface area contributed by atoms with Crippen LogP contribution in [0.5, 0.6) is 0 Å². The molecule has 11 nitrogen and oxygen atoms in total. The van der Waals surface area contributed by atoms with Crippen LogP contribution >= 0.6 is 0 Å². The Bertz CT molecular complexity index is 873. The van der Waals surface area contributed by atoms with E-state index < -0.39 is 5.91 Å². The molecule has 3 rings (SSSR count). The largest absolute Gasteiger partial charge is 0.483 e. The van der Waals surface area contributed by atoms with Crippen LogP contribution in [0.1, 0.15) is 10.5 Å². The van der Waals surface area contributed by atoms with Crippen LogP contribution in [0.25, 0.3) is 22.3 Å². The molecule has 0 aliphatic rings. The van der Waals surface area contributed by atoms with Gasteiger partial charge in [0, 0.05) is 18.8 Å². The van der Waals surface area contributed by atoms with Crippen molar-refractivity contribution in [2.24, 2.45) is 12.8 Å². The van der Waals surface area contributed by atoms with Crippen molar-refractivity contribution in [1.29, 1.82) is 0 Å². The van der Waals surface area contributed by atoms with Crippen LogP contribution in [-0.2, 0) is 16.6 Å². The van der Waals surface area contributed by atoms with Gasteiger partial charge in [-0.2, -0.15) is 0 Å². The Morgan fingerprint density at radius 3 is 2.32 bits per heavy atom. The van der Waals surface area contributed by atoms with Gasteiger partial charge in [0.2, 0.25) is 0 Å². The van der Waals surface area contributed by atoms with Gasteiger partial charge in [0.1, 0.15) is 11.2 Å². The topological polar surface area (TPSA) is 174 Å². The SMILES string of the molecule is Cn1cnc2c(-c3cncc(C(N)=O)n3)cncc21.O=CO.O=CO. The third-order valence-corrected chi connectivity index (χ3v) is 2.80. The zero-order valence-corrected chi connectivity index (χ0v) is 13.0. The highest BCUT2D eigenvalue weighted by Gasteiger charge is 2.11. The molecule has 1 amide bonds. The van der Waals surface area contributed by atoms with E-state index in [2.05, 4.69) is 19.9 Å². The fraction of sp³-hybridized carbons (Fsp3) is 0.0714. The molecule has 3 aromatic heterocycles. The number of hydrogen-bond donors (Lipinski definition) is 3. The number of aromatic nitrogens is 5. The molecular formula is C14H14N6O5. The van der Waals surface area contributed by atoms with Gasteiger partial charge >= 0.3 is 0 Å². The van der Waals surface area contributed by atoms with Crippen molar-refractivity contribution in [3.8, 4) is 11.3 Å². The number of aryl methyl sites for hydroxylation is 1. The number of rotatable bonds is 2. The van der Waals surface area contributed by atoms with Crippen molar-refractivity contribution >= 4 is 29.9 Å². The first-order valence-electron chi connectivity index (χ1n) is 6.53. The molecule has 0 radical (unpaired) electrons. The molecule has 0 atom stereocenters. The summed E-state index contributed by atoms with van der Waals surface area (Å²) in [5.41, 5.74) is 8.19. The van der Waals surface area contributed by atoms with E-state index in [-0.39, 0.29) is 18.6 Å². The quantitative estimate of drug-likeness (QED) is 0.536. The molecule has 0 saturated carbocycles. The van der Waals surface area contributed by atoms with Crippen LogP contribution in [0.2, 0.25) is 0 Å². The normalized spacial score (nSPS) is 9.16. The van der Waals surface area contributed by atoms with Crippen molar-refractivity contribution in [1.82, 2.24) is 24.5 Å². The van der Waals surface area contributed by atoms with Crippen molar-refractivity contribution in [3.05, 3.63) is 36.8 Å². The van der Waals surface area contributed by atoms with Crippen LogP contribution in [0.3, 0.4) is 0 Å². The lowest BCUT2D eigenvalue weighted by atomic mass is 10.2. The highest BCUT2D eigenvalue weighted by Crippen LogP contribution is 2.24. The summed E-state index contributed by atoms with van der Waals surface area (Å²) in [6, 6.07) is 0. The molecule has 0 aromatic carbocycles. The second-order valence-corrected chi connectivity index (χ2v) is 4.27. The number of primary amides is 1. The van der Waals surface area contributed by atoms with Crippen molar-refractivity contribution in [2.45, 2.75) is 0 Å². The van der Waals surface area contributed by atoms with Crippen LogP contribution < -0.4 is 5.73 Å². The Hall–Kier alpha value is -3.89. The predicted octanol–water partition coefficient (Wildman–Crippen LogP) is -0.0742. The Morgan fingerprint density at radius 1 is 1.12 bits per heavy atom. The molecule has 0 aliphatic carbocycles. The molecule has 3 aromatic rings.